The first-order valence-electron chi connectivity index (χ1n) is 11.3. The highest BCUT2D eigenvalue weighted by Gasteiger charge is 2.30. The van der Waals surface area contributed by atoms with Crippen LogP contribution in [-0.4, -0.2) is 36.6 Å². The Morgan fingerprint density at radius 2 is 1.85 bits per heavy atom. The molecule has 0 unspecified atom stereocenters. The molecule has 0 saturated carbocycles. The maximum Gasteiger partial charge on any atom is 0.342 e. The highest BCUT2D eigenvalue weighted by molar-refractivity contribution is 6.05. The number of nitrogen functional groups attached to an aromatic ring is 1. The Balaban J connectivity index is 1.78. The number of pyridine rings is 1. The summed E-state index contributed by atoms with van der Waals surface area (Å²) in [6.45, 7) is 4.18. The lowest BCUT2D eigenvalue weighted by Gasteiger charge is -2.23. The SMILES string of the molecule is CCOC(=O)c1c(N)nc2c(c1-c1ccc(N(C)C)cc1)CCc1c-2[nH]c2ccc(C)cc12. The number of aryl methyl sites for hydroxylation is 2. The number of nitrogens with zero attached hydrogens (tertiary/aromatic N) is 2. The Morgan fingerprint density at radius 3 is 2.55 bits per heavy atom. The zero-order valence-corrected chi connectivity index (χ0v) is 19.5. The van der Waals surface area contributed by atoms with Gasteiger partial charge in [-0.05, 0) is 67.6 Å². The number of benzene rings is 2. The molecular formula is C27H28N4O2. The molecule has 2 heterocycles. The molecule has 1 aliphatic carbocycles. The number of fused-ring (bicyclic) bond motifs is 5. The molecule has 2 aromatic heterocycles. The van der Waals surface area contributed by atoms with Crippen LogP contribution in [0.3, 0.4) is 0 Å². The van der Waals surface area contributed by atoms with Gasteiger partial charge in [0.25, 0.3) is 0 Å². The van der Waals surface area contributed by atoms with Crippen LogP contribution < -0.4 is 10.6 Å². The molecule has 0 atom stereocenters. The van der Waals surface area contributed by atoms with Crippen molar-refractivity contribution in [2.24, 2.45) is 0 Å². The van der Waals surface area contributed by atoms with Gasteiger partial charge >= 0.3 is 5.97 Å². The predicted molar refractivity (Wildman–Crippen MR) is 134 cm³/mol. The zero-order valence-electron chi connectivity index (χ0n) is 19.5. The van der Waals surface area contributed by atoms with Crippen molar-refractivity contribution in [3.63, 3.8) is 0 Å². The van der Waals surface area contributed by atoms with Crippen molar-refractivity contribution in [1.82, 2.24) is 9.97 Å². The van der Waals surface area contributed by atoms with Crippen LogP contribution >= 0.6 is 0 Å². The maximum atomic E-state index is 13.0. The average molecular weight is 441 g/mol. The minimum absolute atomic E-state index is 0.196. The normalized spacial score (nSPS) is 12.4. The highest BCUT2D eigenvalue weighted by Crippen LogP contribution is 2.43. The smallest absolute Gasteiger partial charge is 0.342 e. The first-order valence-corrected chi connectivity index (χ1v) is 11.3. The first-order chi connectivity index (χ1) is 15.9. The van der Waals surface area contributed by atoms with E-state index in [1.807, 2.05) is 43.3 Å². The van der Waals surface area contributed by atoms with Gasteiger partial charge in [-0.3, -0.25) is 0 Å². The van der Waals surface area contributed by atoms with Gasteiger partial charge in [0.2, 0.25) is 0 Å². The molecule has 6 nitrogen and oxygen atoms in total. The van der Waals surface area contributed by atoms with E-state index in [1.165, 1.54) is 16.5 Å². The number of rotatable bonds is 4. The summed E-state index contributed by atoms with van der Waals surface area (Å²) in [6, 6.07) is 14.6. The molecule has 0 aliphatic heterocycles. The van der Waals surface area contributed by atoms with Crippen LogP contribution in [0.1, 0.15) is 34.0 Å². The van der Waals surface area contributed by atoms with Crippen LogP contribution in [0.4, 0.5) is 11.5 Å². The van der Waals surface area contributed by atoms with Crippen LogP contribution in [0.15, 0.2) is 42.5 Å². The van der Waals surface area contributed by atoms with E-state index < -0.39 is 5.97 Å². The lowest BCUT2D eigenvalue weighted by Crippen LogP contribution is -2.17. The molecule has 5 rings (SSSR count). The van der Waals surface area contributed by atoms with E-state index in [2.05, 4.69) is 30.1 Å². The van der Waals surface area contributed by atoms with Gasteiger partial charge in [0.1, 0.15) is 11.4 Å². The summed E-state index contributed by atoms with van der Waals surface area (Å²) in [6.07, 6.45) is 1.64. The van der Waals surface area contributed by atoms with Crippen molar-refractivity contribution in [3.05, 3.63) is 64.7 Å². The van der Waals surface area contributed by atoms with E-state index in [0.717, 1.165) is 52.1 Å². The first kappa shape index (κ1) is 21.1. The second kappa shape index (κ2) is 7.96. The van der Waals surface area contributed by atoms with Crippen molar-refractivity contribution >= 4 is 28.4 Å². The maximum absolute atomic E-state index is 13.0. The van der Waals surface area contributed by atoms with Crippen molar-refractivity contribution < 1.29 is 9.53 Å². The van der Waals surface area contributed by atoms with Crippen LogP contribution in [-0.2, 0) is 17.6 Å². The molecular weight excluding hydrogens is 412 g/mol. The van der Waals surface area contributed by atoms with Gasteiger partial charge in [-0.1, -0.05) is 23.8 Å². The summed E-state index contributed by atoms with van der Waals surface area (Å²) in [5.74, 6) is -0.239. The number of carbonyl (C=O) groups is 1. The standard InChI is InChI=1S/C27H28N4O2/c1-5-33-27(32)23-22(16-7-9-17(10-8-16)31(3)4)19-12-11-18-20-14-15(2)6-13-21(20)29-24(18)25(19)30-26(23)28/h6-10,13-14,29H,5,11-12H2,1-4H3,(H2,28,30). The topological polar surface area (TPSA) is 84.2 Å². The van der Waals surface area contributed by atoms with Crippen LogP contribution in [0, 0.1) is 6.92 Å². The molecule has 4 aromatic rings. The Bertz CT molecular complexity index is 1380. The van der Waals surface area contributed by atoms with Crippen LogP contribution in [0.5, 0.6) is 0 Å². The Morgan fingerprint density at radius 1 is 1.12 bits per heavy atom. The fourth-order valence-electron chi connectivity index (χ4n) is 4.82. The Labute approximate surface area is 193 Å². The van der Waals surface area contributed by atoms with Gasteiger partial charge in [-0.15, -0.1) is 0 Å². The third-order valence-corrected chi connectivity index (χ3v) is 6.40. The fourth-order valence-corrected chi connectivity index (χ4v) is 4.82. The molecule has 3 N–H and O–H groups in total. The Kier molecular flexibility index (Phi) is 5.08. The number of esters is 1. The van der Waals surface area contributed by atoms with Gasteiger partial charge in [0, 0.05) is 36.2 Å². The number of hydrogen-bond acceptors (Lipinski definition) is 5. The molecule has 33 heavy (non-hydrogen) atoms. The quantitative estimate of drug-likeness (QED) is 0.430. The van der Waals surface area contributed by atoms with Gasteiger partial charge in [0.15, 0.2) is 0 Å². The zero-order chi connectivity index (χ0) is 23.3. The summed E-state index contributed by atoms with van der Waals surface area (Å²) >= 11 is 0. The molecule has 0 saturated heterocycles. The number of nitrogens with two attached hydrogens (primary N) is 1. The molecule has 6 heteroatoms. The summed E-state index contributed by atoms with van der Waals surface area (Å²) in [7, 11) is 4.01. The monoisotopic (exact) mass is 440 g/mol. The molecule has 0 bridgehead atoms. The second-order valence-electron chi connectivity index (χ2n) is 8.76. The van der Waals surface area contributed by atoms with Crippen molar-refractivity contribution in [2.75, 3.05) is 31.3 Å². The third-order valence-electron chi connectivity index (χ3n) is 6.40. The van der Waals surface area contributed by atoms with E-state index in [9.17, 15) is 4.79 Å². The minimum atomic E-state index is -0.435. The number of aromatic amines is 1. The fraction of sp³-hybridized carbons (Fsp3) is 0.259. The largest absolute Gasteiger partial charge is 0.462 e. The summed E-state index contributed by atoms with van der Waals surface area (Å²) in [5.41, 5.74) is 16.0. The molecule has 0 radical (unpaired) electrons. The number of anilines is 2. The van der Waals surface area contributed by atoms with Gasteiger partial charge in [-0.2, -0.15) is 0 Å². The third kappa shape index (κ3) is 3.42. The lowest BCUT2D eigenvalue weighted by molar-refractivity contribution is 0.0528. The molecule has 168 valence electrons. The van der Waals surface area contributed by atoms with Gasteiger partial charge in [0.05, 0.1) is 18.0 Å². The van der Waals surface area contributed by atoms with E-state index in [1.54, 1.807) is 6.92 Å². The van der Waals surface area contributed by atoms with Crippen molar-refractivity contribution in [2.45, 2.75) is 26.7 Å². The minimum Gasteiger partial charge on any atom is -0.462 e. The number of ether oxygens (including phenoxy) is 1. The number of H-pyrrole nitrogens is 1. The predicted octanol–water partition coefficient (Wildman–Crippen LogP) is 5.13. The summed E-state index contributed by atoms with van der Waals surface area (Å²) in [5, 5.41) is 1.22. The van der Waals surface area contributed by atoms with Gasteiger partial charge in [-0.25, -0.2) is 9.78 Å². The number of nitrogens with one attached hydrogen (secondary N) is 1. The van der Waals surface area contributed by atoms with E-state index in [0.29, 0.717) is 5.56 Å². The number of aromatic nitrogens is 2. The van der Waals surface area contributed by atoms with E-state index in [-0.39, 0.29) is 12.4 Å². The van der Waals surface area contributed by atoms with Crippen molar-refractivity contribution in [1.29, 1.82) is 0 Å². The van der Waals surface area contributed by atoms with Crippen LogP contribution in [0.25, 0.3) is 33.4 Å². The summed E-state index contributed by atoms with van der Waals surface area (Å²) in [4.78, 5) is 23.3. The van der Waals surface area contributed by atoms with Gasteiger partial charge < -0.3 is 20.4 Å². The highest BCUT2D eigenvalue weighted by atomic mass is 16.5. The summed E-state index contributed by atoms with van der Waals surface area (Å²) < 4.78 is 5.38. The Hall–Kier alpha value is -3.80. The molecule has 0 fully saturated rings. The second-order valence-corrected chi connectivity index (χ2v) is 8.76. The van der Waals surface area contributed by atoms with Crippen LogP contribution in [0.2, 0.25) is 0 Å². The average Bonchev–Trinajstić information content (AvgIpc) is 3.16. The molecule has 0 amide bonds. The molecule has 2 aromatic carbocycles. The number of carbonyl (C=O) groups excluding carboxylic acids is 1. The van der Waals surface area contributed by atoms with E-state index in [4.69, 9.17) is 15.5 Å². The lowest BCUT2D eigenvalue weighted by atomic mass is 9.85. The molecule has 1 aliphatic rings. The number of hydrogen-bond donors (Lipinski definition) is 2. The molecule has 0 spiro atoms. The van der Waals surface area contributed by atoms with E-state index >= 15 is 0 Å². The van der Waals surface area contributed by atoms with Crippen molar-refractivity contribution in [3.8, 4) is 22.5 Å².